The quantitative estimate of drug-likeness (QED) is 0.225. The van der Waals surface area contributed by atoms with E-state index in [9.17, 15) is 18.0 Å². The molecule has 5 rings (SSSR count). The van der Waals surface area contributed by atoms with Crippen molar-refractivity contribution in [3.8, 4) is 0 Å². The average Bonchev–Trinajstić information content (AvgIpc) is 3.51. The molecule has 0 fully saturated rings. The van der Waals surface area contributed by atoms with Crippen LogP contribution < -0.4 is 19.8 Å². The van der Waals surface area contributed by atoms with Crippen molar-refractivity contribution in [1.82, 2.24) is 4.72 Å². The van der Waals surface area contributed by atoms with Crippen LogP contribution in [0.1, 0.15) is 12.5 Å². The molecule has 2 amide bonds. The number of aliphatic imine (C=N–C) groups is 2. The summed E-state index contributed by atoms with van der Waals surface area (Å²) in [6.07, 6.45) is 1.52. The summed E-state index contributed by atoms with van der Waals surface area (Å²) >= 11 is 12.7. The van der Waals surface area contributed by atoms with Crippen molar-refractivity contribution < 1.29 is 22.4 Å². The van der Waals surface area contributed by atoms with Crippen molar-refractivity contribution in [3.05, 3.63) is 94.7 Å². The Kier molecular flexibility index (Phi) is 8.77. The molecule has 0 unspecified atom stereocenters. The molecule has 1 aliphatic heterocycles. The fourth-order valence-electron chi connectivity index (χ4n) is 4.37. The predicted molar refractivity (Wildman–Crippen MR) is 172 cm³/mol. The summed E-state index contributed by atoms with van der Waals surface area (Å²) in [5.74, 6) is -0.855. The zero-order valence-electron chi connectivity index (χ0n) is 23.7. The first-order chi connectivity index (χ1) is 20.9. The number of furan rings is 1. The van der Waals surface area contributed by atoms with E-state index >= 15 is 0 Å². The Bertz CT molecular complexity index is 1910. The number of amides is 2. The van der Waals surface area contributed by atoms with Gasteiger partial charge in [0.15, 0.2) is 11.5 Å². The normalized spacial score (nSPS) is 13.2. The van der Waals surface area contributed by atoms with Crippen LogP contribution in [0.3, 0.4) is 0 Å². The van der Waals surface area contributed by atoms with Gasteiger partial charge in [0.25, 0.3) is 15.9 Å². The first-order valence-corrected chi connectivity index (χ1v) is 15.3. The summed E-state index contributed by atoms with van der Waals surface area (Å²) in [7, 11) is -0.473. The molecule has 14 heteroatoms. The maximum atomic E-state index is 14.0. The zero-order chi connectivity index (χ0) is 31.6. The predicted octanol–water partition coefficient (Wildman–Crippen LogP) is 5.94. The Morgan fingerprint density at radius 1 is 1.00 bits per heavy atom. The fraction of sp³-hybridized carbons (Fsp3) is 0.133. The van der Waals surface area contributed by atoms with Crippen LogP contribution in [-0.2, 0) is 26.2 Å². The molecule has 0 aliphatic carbocycles. The third kappa shape index (κ3) is 6.62. The van der Waals surface area contributed by atoms with Crippen LogP contribution in [0.15, 0.2) is 98.4 Å². The number of carbonyl (C=O) groups excluding carboxylic acids is 2. The molecule has 0 atom stereocenters. The number of amidine groups is 1. The van der Waals surface area contributed by atoms with E-state index in [-0.39, 0.29) is 27.3 Å². The van der Waals surface area contributed by atoms with Gasteiger partial charge in [0.1, 0.15) is 4.90 Å². The lowest BCUT2D eigenvalue weighted by Gasteiger charge is -2.28. The van der Waals surface area contributed by atoms with E-state index in [1.54, 1.807) is 29.2 Å². The number of carbonyl (C=O) groups is 2. The smallest absolute Gasteiger partial charge is 0.278 e. The van der Waals surface area contributed by atoms with Gasteiger partial charge in [-0.25, -0.2) is 23.1 Å². The van der Waals surface area contributed by atoms with Crippen LogP contribution in [0.25, 0.3) is 0 Å². The van der Waals surface area contributed by atoms with Gasteiger partial charge >= 0.3 is 0 Å². The number of halogens is 2. The molecule has 2 N–H and O–H groups in total. The molecule has 11 nitrogen and oxygen atoms in total. The highest BCUT2D eigenvalue weighted by molar-refractivity contribution is 7.90. The Morgan fingerprint density at radius 2 is 1.73 bits per heavy atom. The molecule has 3 aromatic carbocycles. The molecular weight excluding hydrogens is 627 g/mol. The number of rotatable bonds is 8. The molecule has 4 aromatic rings. The first kappa shape index (κ1) is 30.8. The minimum absolute atomic E-state index is 0.0143. The SMILES string of the molecule is CC(=O)NS(=O)(=O)c1cc(Cl)c(NC(=O)/C(=N\c2ccc(N(C)C)cc2)C2=Nc3ccccc3CN2c2ccco2)cc1Cl. The van der Waals surface area contributed by atoms with Crippen LogP contribution in [0, 0.1) is 0 Å². The summed E-state index contributed by atoms with van der Waals surface area (Å²) in [6.45, 7) is 1.39. The average molecular weight is 654 g/mol. The summed E-state index contributed by atoms with van der Waals surface area (Å²) in [5, 5.41) is 2.29. The second kappa shape index (κ2) is 12.5. The number of nitrogens with one attached hydrogen (secondary N) is 2. The first-order valence-electron chi connectivity index (χ1n) is 13.1. The second-order valence-corrected chi connectivity index (χ2v) is 12.3. The largest absolute Gasteiger partial charge is 0.448 e. The van der Waals surface area contributed by atoms with E-state index in [1.807, 2.05) is 60.1 Å². The third-order valence-electron chi connectivity index (χ3n) is 6.45. The highest BCUT2D eigenvalue weighted by Gasteiger charge is 2.31. The number of hydrogen-bond acceptors (Lipinski definition) is 9. The van der Waals surface area contributed by atoms with E-state index < -0.39 is 26.7 Å². The van der Waals surface area contributed by atoms with Gasteiger partial charge in [-0.1, -0.05) is 41.4 Å². The minimum atomic E-state index is -4.29. The molecule has 2 heterocycles. The van der Waals surface area contributed by atoms with Crippen molar-refractivity contribution in [1.29, 1.82) is 0 Å². The van der Waals surface area contributed by atoms with Crippen LogP contribution in [-0.4, -0.2) is 45.9 Å². The lowest BCUT2D eigenvalue weighted by molar-refractivity contribution is -0.117. The molecule has 226 valence electrons. The van der Waals surface area contributed by atoms with Gasteiger partial charge in [0.05, 0.1) is 39.9 Å². The van der Waals surface area contributed by atoms with Crippen molar-refractivity contribution in [2.45, 2.75) is 18.4 Å². The van der Waals surface area contributed by atoms with Crippen molar-refractivity contribution in [3.63, 3.8) is 0 Å². The van der Waals surface area contributed by atoms with Gasteiger partial charge in [-0.05, 0) is 54.1 Å². The molecule has 44 heavy (non-hydrogen) atoms. The third-order valence-corrected chi connectivity index (χ3v) is 8.66. The Labute approximate surface area is 263 Å². The van der Waals surface area contributed by atoms with Crippen molar-refractivity contribution >= 4 is 85.2 Å². The number of fused-ring (bicyclic) bond motifs is 1. The summed E-state index contributed by atoms with van der Waals surface area (Å²) in [6, 6.07) is 20.5. The number of benzene rings is 3. The Hall–Kier alpha value is -4.65. The van der Waals surface area contributed by atoms with Crippen LogP contribution in [0.2, 0.25) is 10.0 Å². The van der Waals surface area contributed by atoms with Crippen molar-refractivity contribution in [2.75, 3.05) is 29.2 Å². The number of para-hydroxylation sites is 1. The summed E-state index contributed by atoms with van der Waals surface area (Å²) < 4.78 is 32.7. The monoisotopic (exact) mass is 652 g/mol. The van der Waals surface area contributed by atoms with Gasteiger partial charge in [0, 0.05) is 32.8 Å². The maximum Gasteiger partial charge on any atom is 0.278 e. The fourth-order valence-corrected chi connectivity index (χ4v) is 6.19. The van der Waals surface area contributed by atoms with Crippen LogP contribution >= 0.6 is 23.2 Å². The van der Waals surface area contributed by atoms with Gasteiger partial charge in [-0.15, -0.1) is 0 Å². The molecule has 0 bridgehead atoms. The Balaban J connectivity index is 1.60. The molecule has 0 spiro atoms. The van der Waals surface area contributed by atoms with Gasteiger partial charge in [0.2, 0.25) is 11.8 Å². The molecule has 0 saturated carbocycles. The minimum Gasteiger partial charge on any atom is -0.448 e. The summed E-state index contributed by atoms with van der Waals surface area (Å²) in [5.41, 5.74) is 2.92. The molecular formula is C30H26Cl2N6O5S. The molecule has 0 saturated heterocycles. The van der Waals surface area contributed by atoms with E-state index in [0.717, 1.165) is 24.2 Å². The standard InChI is InChI=1S/C30H26Cl2N6O5S/c1-18(39)36-44(41,42)26-16-22(31)25(15-23(26)32)35-30(40)28(33-20-10-12-21(13-11-20)37(2)3)29-34-24-8-5-4-7-19(24)17-38(29)27-9-6-14-43-27/h4-16H,17H2,1-3H3,(H,35,40)(H,36,39)/b33-28-. The molecule has 1 aliphatic rings. The van der Waals surface area contributed by atoms with Gasteiger partial charge in [-0.2, -0.15) is 0 Å². The maximum absolute atomic E-state index is 14.0. The van der Waals surface area contributed by atoms with Crippen LogP contribution in [0.4, 0.5) is 28.6 Å². The lowest BCUT2D eigenvalue weighted by Crippen LogP contribution is -2.43. The van der Waals surface area contributed by atoms with Crippen LogP contribution in [0.5, 0.6) is 0 Å². The number of sulfonamides is 1. The number of anilines is 3. The van der Waals surface area contributed by atoms with Crippen molar-refractivity contribution in [2.24, 2.45) is 9.98 Å². The van der Waals surface area contributed by atoms with E-state index in [4.69, 9.17) is 37.6 Å². The van der Waals surface area contributed by atoms with E-state index in [0.29, 0.717) is 23.8 Å². The highest BCUT2D eigenvalue weighted by atomic mass is 35.5. The second-order valence-electron chi connectivity index (χ2n) is 9.85. The summed E-state index contributed by atoms with van der Waals surface area (Å²) in [4.78, 5) is 38.2. The van der Waals surface area contributed by atoms with Gasteiger partial charge in [-0.3, -0.25) is 14.5 Å². The molecule has 1 aromatic heterocycles. The zero-order valence-corrected chi connectivity index (χ0v) is 26.0. The number of hydrogen-bond donors (Lipinski definition) is 2. The topological polar surface area (TPSA) is 137 Å². The number of nitrogens with zero attached hydrogens (tertiary/aromatic N) is 4. The molecule has 0 radical (unpaired) electrons. The Morgan fingerprint density at radius 3 is 2.39 bits per heavy atom. The van der Waals surface area contributed by atoms with E-state index in [2.05, 4.69) is 5.32 Å². The lowest BCUT2D eigenvalue weighted by atomic mass is 10.1. The highest BCUT2D eigenvalue weighted by Crippen LogP contribution is 2.34. The van der Waals surface area contributed by atoms with E-state index in [1.165, 1.54) is 12.3 Å². The van der Waals surface area contributed by atoms with Gasteiger partial charge < -0.3 is 14.6 Å².